The lowest BCUT2D eigenvalue weighted by molar-refractivity contribution is -0.132. The Morgan fingerprint density at radius 3 is 2.44 bits per heavy atom. The van der Waals surface area contributed by atoms with Crippen molar-refractivity contribution in [1.29, 1.82) is 0 Å². The maximum atomic E-state index is 12.9. The van der Waals surface area contributed by atoms with Crippen LogP contribution in [0.4, 0.5) is 0 Å². The molecule has 0 aliphatic carbocycles. The zero-order valence-electron chi connectivity index (χ0n) is 16.0. The Hall–Kier alpha value is -2.47. The van der Waals surface area contributed by atoms with Crippen molar-refractivity contribution in [2.24, 2.45) is 0 Å². The number of hydrogen-bond donors (Lipinski definition) is 1. The predicted octanol–water partition coefficient (Wildman–Crippen LogP) is 3.21. The Labute approximate surface area is 165 Å². The van der Waals surface area contributed by atoms with Crippen LogP contribution in [0.15, 0.2) is 54.6 Å². The number of carbonyl (C=O) groups excluding carboxylic acids is 2. The van der Waals surface area contributed by atoms with Gasteiger partial charge in [-0.3, -0.25) is 9.59 Å². The van der Waals surface area contributed by atoms with Crippen molar-refractivity contribution in [1.82, 2.24) is 10.2 Å². The van der Waals surface area contributed by atoms with E-state index in [4.69, 9.17) is 4.74 Å². The number of ether oxygens (including phenoxy) is 1. The zero-order valence-corrected chi connectivity index (χ0v) is 16.8. The Morgan fingerprint density at radius 2 is 1.78 bits per heavy atom. The van der Waals surface area contributed by atoms with E-state index in [0.29, 0.717) is 24.3 Å². The number of thioether (sulfide) groups is 1. The minimum atomic E-state index is -0.580. The third-order valence-corrected chi connectivity index (χ3v) is 4.85. The molecule has 0 fully saturated rings. The molecule has 144 valence electrons. The van der Waals surface area contributed by atoms with Crippen molar-refractivity contribution in [2.45, 2.75) is 19.0 Å². The normalized spacial score (nSPS) is 11.5. The second-order valence-corrected chi connectivity index (χ2v) is 7.17. The van der Waals surface area contributed by atoms with Gasteiger partial charge in [0.15, 0.2) is 0 Å². The number of hydrogen-bond acceptors (Lipinski definition) is 4. The summed E-state index contributed by atoms with van der Waals surface area (Å²) in [5.74, 6) is 0.863. The first-order chi connectivity index (χ1) is 13.1. The first-order valence-corrected chi connectivity index (χ1v) is 10.2. The van der Waals surface area contributed by atoms with Crippen LogP contribution in [0.25, 0.3) is 0 Å². The van der Waals surface area contributed by atoms with Gasteiger partial charge in [-0.2, -0.15) is 11.8 Å². The molecule has 1 unspecified atom stereocenters. The van der Waals surface area contributed by atoms with Gasteiger partial charge < -0.3 is 15.0 Å². The number of carbonyl (C=O) groups is 2. The van der Waals surface area contributed by atoms with E-state index in [0.717, 1.165) is 11.3 Å². The van der Waals surface area contributed by atoms with E-state index < -0.39 is 6.04 Å². The summed E-state index contributed by atoms with van der Waals surface area (Å²) < 4.78 is 5.26. The molecule has 0 saturated heterocycles. The van der Waals surface area contributed by atoms with Crippen LogP contribution in [0.5, 0.6) is 5.75 Å². The number of benzene rings is 2. The molecule has 0 aromatic heterocycles. The number of amides is 2. The molecule has 2 amide bonds. The summed E-state index contributed by atoms with van der Waals surface area (Å²) in [6.45, 7) is 0.500. The van der Waals surface area contributed by atoms with Gasteiger partial charge in [0.25, 0.3) is 5.91 Å². The Balaban J connectivity index is 2.11. The van der Waals surface area contributed by atoms with Crippen LogP contribution in [-0.2, 0) is 11.3 Å². The van der Waals surface area contributed by atoms with Crippen molar-refractivity contribution in [3.63, 3.8) is 0 Å². The summed E-state index contributed by atoms with van der Waals surface area (Å²) in [5.41, 5.74) is 1.47. The Kier molecular flexibility index (Phi) is 8.20. The van der Waals surface area contributed by atoms with E-state index in [1.807, 2.05) is 36.6 Å². The van der Waals surface area contributed by atoms with E-state index in [9.17, 15) is 9.59 Å². The molecule has 0 heterocycles. The van der Waals surface area contributed by atoms with Gasteiger partial charge in [-0.15, -0.1) is 0 Å². The highest BCUT2D eigenvalue weighted by atomic mass is 32.2. The number of nitrogens with one attached hydrogen (secondary N) is 1. The van der Waals surface area contributed by atoms with Crippen LogP contribution in [0.1, 0.15) is 22.3 Å². The molecular weight excluding hydrogens is 360 g/mol. The summed E-state index contributed by atoms with van der Waals surface area (Å²) >= 11 is 1.65. The summed E-state index contributed by atoms with van der Waals surface area (Å²) in [7, 11) is 3.28. The molecule has 2 aromatic carbocycles. The van der Waals surface area contributed by atoms with Gasteiger partial charge in [0.1, 0.15) is 11.8 Å². The highest BCUT2D eigenvalue weighted by molar-refractivity contribution is 7.98. The maximum Gasteiger partial charge on any atom is 0.255 e. The first kappa shape index (κ1) is 20.8. The summed E-state index contributed by atoms with van der Waals surface area (Å²) in [6.07, 6.45) is 2.55. The molecule has 0 aliphatic rings. The van der Waals surface area contributed by atoms with E-state index in [-0.39, 0.29) is 11.8 Å². The minimum absolute atomic E-state index is 0.101. The number of para-hydroxylation sites is 1. The fourth-order valence-corrected chi connectivity index (χ4v) is 3.23. The predicted molar refractivity (Wildman–Crippen MR) is 110 cm³/mol. The highest BCUT2D eigenvalue weighted by Crippen LogP contribution is 2.18. The quantitative estimate of drug-likeness (QED) is 0.719. The molecule has 1 N–H and O–H groups in total. The zero-order chi connectivity index (χ0) is 19.6. The van der Waals surface area contributed by atoms with Gasteiger partial charge in [-0.25, -0.2) is 0 Å². The fourth-order valence-electron chi connectivity index (χ4n) is 2.76. The van der Waals surface area contributed by atoms with Crippen LogP contribution in [0, 0.1) is 0 Å². The average molecular weight is 387 g/mol. The van der Waals surface area contributed by atoms with Crippen molar-refractivity contribution >= 4 is 23.6 Å². The number of likely N-dealkylation sites (N-methyl/N-ethyl adjacent to an activating group) is 1. The second-order valence-electron chi connectivity index (χ2n) is 6.19. The van der Waals surface area contributed by atoms with E-state index in [1.54, 1.807) is 48.0 Å². The first-order valence-electron chi connectivity index (χ1n) is 8.78. The molecule has 0 bridgehead atoms. The van der Waals surface area contributed by atoms with Gasteiger partial charge >= 0.3 is 0 Å². The van der Waals surface area contributed by atoms with Crippen molar-refractivity contribution in [3.8, 4) is 5.75 Å². The SMILES string of the molecule is COc1ccccc1C(=O)NC(CCSC)C(=O)N(C)Cc1ccccc1. The Morgan fingerprint density at radius 1 is 1.11 bits per heavy atom. The number of methoxy groups -OCH3 is 1. The van der Waals surface area contributed by atoms with E-state index >= 15 is 0 Å². The molecule has 0 aliphatic heterocycles. The minimum Gasteiger partial charge on any atom is -0.496 e. The lowest BCUT2D eigenvalue weighted by Crippen LogP contribution is -2.47. The van der Waals surface area contributed by atoms with Crippen molar-refractivity contribution in [2.75, 3.05) is 26.2 Å². The molecule has 5 nitrogen and oxygen atoms in total. The third kappa shape index (κ3) is 6.03. The van der Waals surface area contributed by atoms with Crippen molar-refractivity contribution in [3.05, 3.63) is 65.7 Å². The third-order valence-electron chi connectivity index (χ3n) is 4.20. The van der Waals surface area contributed by atoms with Crippen LogP contribution < -0.4 is 10.1 Å². The monoisotopic (exact) mass is 386 g/mol. The van der Waals surface area contributed by atoms with Gasteiger partial charge in [-0.1, -0.05) is 42.5 Å². The molecule has 0 saturated carbocycles. The van der Waals surface area contributed by atoms with Crippen LogP contribution >= 0.6 is 11.8 Å². The van der Waals surface area contributed by atoms with Crippen molar-refractivity contribution < 1.29 is 14.3 Å². The molecular formula is C21H26N2O3S. The molecule has 0 radical (unpaired) electrons. The van der Waals surface area contributed by atoms with Crippen LogP contribution in [0.2, 0.25) is 0 Å². The molecule has 2 aromatic rings. The second kappa shape index (κ2) is 10.6. The summed E-state index contributed by atoms with van der Waals surface area (Å²) in [4.78, 5) is 27.3. The fraction of sp³-hybridized carbons (Fsp3) is 0.333. The van der Waals surface area contributed by atoms with Gasteiger partial charge in [-0.05, 0) is 36.1 Å². The van der Waals surface area contributed by atoms with Gasteiger partial charge in [0.05, 0.1) is 12.7 Å². The summed E-state index contributed by atoms with van der Waals surface area (Å²) in [6, 6.07) is 16.2. The lowest BCUT2D eigenvalue weighted by Gasteiger charge is -2.25. The Bertz CT molecular complexity index is 752. The largest absolute Gasteiger partial charge is 0.496 e. The smallest absolute Gasteiger partial charge is 0.255 e. The molecule has 27 heavy (non-hydrogen) atoms. The highest BCUT2D eigenvalue weighted by Gasteiger charge is 2.25. The number of rotatable bonds is 9. The lowest BCUT2D eigenvalue weighted by atomic mass is 10.1. The summed E-state index contributed by atoms with van der Waals surface area (Å²) in [5, 5.41) is 2.89. The van der Waals surface area contributed by atoms with Gasteiger partial charge in [0, 0.05) is 13.6 Å². The average Bonchev–Trinajstić information content (AvgIpc) is 2.71. The molecule has 1 atom stereocenters. The van der Waals surface area contributed by atoms with Crippen LogP contribution in [-0.4, -0.2) is 48.9 Å². The molecule has 0 spiro atoms. The molecule has 2 rings (SSSR count). The maximum absolute atomic E-state index is 12.9. The van der Waals surface area contributed by atoms with Gasteiger partial charge in [0.2, 0.25) is 5.91 Å². The van der Waals surface area contributed by atoms with E-state index in [2.05, 4.69) is 5.32 Å². The van der Waals surface area contributed by atoms with E-state index in [1.165, 1.54) is 7.11 Å². The van der Waals surface area contributed by atoms with Crippen LogP contribution in [0.3, 0.4) is 0 Å². The number of nitrogens with zero attached hydrogens (tertiary/aromatic N) is 1. The topological polar surface area (TPSA) is 58.6 Å². The molecule has 6 heteroatoms. The standard InChI is InChI=1S/C21H26N2O3S/c1-23(15-16-9-5-4-6-10-16)21(25)18(13-14-27-3)22-20(24)17-11-7-8-12-19(17)26-2/h4-12,18H,13-15H2,1-3H3,(H,22,24).